The average molecular weight is 295 g/mol. The van der Waals surface area contributed by atoms with E-state index in [1.807, 2.05) is 13.8 Å². The highest BCUT2D eigenvalue weighted by molar-refractivity contribution is 7.81. The van der Waals surface area contributed by atoms with Crippen molar-refractivity contribution in [3.05, 3.63) is 0 Å². The number of alkyl carbamates (subject to hydrolysis) is 1. The molecule has 3 nitrogen and oxygen atoms in total. The molecule has 4 fully saturated rings. The molecule has 112 valence electrons. The maximum atomic E-state index is 11.9. The van der Waals surface area contributed by atoms with E-state index in [1.165, 1.54) is 25.7 Å². The Morgan fingerprint density at radius 3 is 2.45 bits per heavy atom. The topological polar surface area (TPSA) is 38.3 Å². The van der Waals surface area contributed by atoms with Gasteiger partial charge in [-0.2, -0.15) is 12.6 Å². The lowest BCUT2D eigenvalue weighted by atomic mass is 9.21. The maximum absolute atomic E-state index is 11.9. The first-order valence-corrected chi connectivity index (χ1v) is 8.58. The van der Waals surface area contributed by atoms with Crippen LogP contribution in [0.4, 0.5) is 4.79 Å². The van der Waals surface area contributed by atoms with Gasteiger partial charge in [-0.15, -0.1) is 0 Å². The quantitative estimate of drug-likeness (QED) is 0.785. The van der Waals surface area contributed by atoms with Gasteiger partial charge in [-0.25, -0.2) is 4.79 Å². The van der Waals surface area contributed by atoms with Crippen molar-refractivity contribution in [3.63, 3.8) is 0 Å². The Hall–Kier alpha value is -0.380. The van der Waals surface area contributed by atoms with Gasteiger partial charge in [-0.3, -0.25) is 0 Å². The number of ether oxygens (including phenoxy) is 1. The fourth-order valence-electron chi connectivity index (χ4n) is 6.63. The zero-order valence-electron chi connectivity index (χ0n) is 12.6. The van der Waals surface area contributed by atoms with E-state index in [0.717, 1.165) is 17.8 Å². The first-order chi connectivity index (χ1) is 9.41. The summed E-state index contributed by atoms with van der Waals surface area (Å²) < 4.78 is 5.25. The van der Waals surface area contributed by atoms with Gasteiger partial charge >= 0.3 is 6.09 Å². The van der Waals surface area contributed by atoms with Crippen LogP contribution in [-0.4, -0.2) is 23.5 Å². The molecule has 0 aromatic heterocycles. The highest BCUT2D eigenvalue weighted by atomic mass is 32.1. The molecule has 4 saturated carbocycles. The summed E-state index contributed by atoms with van der Waals surface area (Å²) in [4.78, 5) is 11.9. The molecular weight excluding hydrogens is 270 g/mol. The van der Waals surface area contributed by atoms with E-state index < -0.39 is 0 Å². The van der Waals surface area contributed by atoms with Gasteiger partial charge in [0.15, 0.2) is 0 Å². The molecule has 4 heteroatoms. The van der Waals surface area contributed by atoms with E-state index in [-0.39, 0.29) is 18.2 Å². The predicted molar refractivity (Wildman–Crippen MR) is 80.8 cm³/mol. The SMILES string of the molecule is CC(C)OC(=O)NC(C)C12CC3CC(S)C4CC(C1)C342. The molecule has 1 N–H and O–H groups in total. The summed E-state index contributed by atoms with van der Waals surface area (Å²) in [5, 5.41) is 3.72. The highest BCUT2D eigenvalue weighted by Crippen LogP contribution is 2.90. The molecule has 0 aromatic rings. The van der Waals surface area contributed by atoms with E-state index in [4.69, 9.17) is 17.4 Å². The Labute approximate surface area is 126 Å². The molecule has 0 bridgehead atoms. The zero-order chi connectivity index (χ0) is 14.3. The van der Waals surface area contributed by atoms with Crippen LogP contribution in [0.15, 0.2) is 0 Å². The van der Waals surface area contributed by atoms with Gasteiger partial charge in [0.1, 0.15) is 0 Å². The molecule has 7 unspecified atom stereocenters. The van der Waals surface area contributed by atoms with Crippen LogP contribution < -0.4 is 5.32 Å². The summed E-state index contributed by atoms with van der Waals surface area (Å²) in [5.74, 6) is 2.62. The predicted octanol–water partition coefficient (Wildman–Crippen LogP) is 3.24. The third-order valence-corrected chi connectivity index (χ3v) is 7.65. The summed E-state index contributed by atoms with van der Waals surface area (Å²) in [6.07, 6.45) is 4.99. The van der Waals surface area contributed by atoms with Crippen LogP contribution in [0.2, 0.25) is 0 Å². The largest absolute Gasteiger partial charge is 0.447 e. The Morgan fingerprint density at radius 2 is 1.90 bits per heavy atom. The maximum Gasteiger partial charge on any atom is 0.407 e. The molecule has 4 rings (SSSR count). The first kappa shape index (κ1) is 13.3. The number of carbonyl (C=O) groups is 1. The van der Waals surface area contributed by atoms with Crippen molar-refractivity contribution in [1.82, 2.24) is 5.32 Å². The highest BCUT2D eigenvalue weighted by Gasteiger charge is 2.86. The van der Waals surface area contributed by atoms with Crippen molar-refractivity contribution < 1.29 is 9.53 Å². The van der Waals surface area contributed by atoms with Gasteiger partial charge < -0.3 is 10.1 Å². The summed E-state index contributed by atoms with van der Waals surface area (Å²) in [7, 11) is 0. The molecular formula is C16H25NO2S. The van der Waals surface area contributed by atoms with Crippen LogP contribution in [0.5, 0.6) is 0 Å². The van der Waals surface area contributed by atoms with E-state index in [9.17, 15) is 4.79 Å². The summed E-state index contributed by atoms with van der Waals surface area (Å²) in [5.41, 5.74) is 0.905. The molecule has 0 saturated heterocycles. The van der Waals surface area contributed by atoms with Crippen LogP contribution in [0, 0.1) is 28.6 Å². The lowest BCUT2D eigenvalue weighted by Gasteiger charge is -2.84. The molecule has 1 spiro atoms. The summed E-state index contributed by atoms with van der Waals surface area (Å²) in [6, 6.07) is 0.239. The van der Waals surface area contributed by atoms with Crippen molar-refractivity contribution in [2.45, 2.75) is 63.9 Å². The number of hydrogen-bond donors (Lipinski definition) is 2. The smallest absolute Gasteiger partial charge is 0.407 e. The second kappa shape index (κ2) is 3.88. The monoisotopic (exact) mass is 295 g/mol. The molecule has 0 heterocycles. The van der Waals surface area contributed by atoms with Crippen molar-refractivity contribution in [3.8, 4) is 0 Å². The van der Waals surface area contributed by atoms with Gasteiger partial charge in [-0.1, -0.05) is 0 Å². The Bertz CT molecular complexity index is 467. The number of nitrogens with one attached hydrogen (secondary N) is 1. The van der Waals surface area contributed by atoms with Crippen LogP contribution in [0.1, 0.15) is 46.5 Å². The van der Waals surface area contributed by atoms with Gasteiger partial charge in [0.2, 0.25) is 0 Å². The van der Waals surface area contributed by atoms with Gasteiger partial charge in [0.25, 0.3) is 0 Å². The molecule has 20 heavy (non-hydrogen) atoms. The minimum atomic E-state index is -0.249. The molecule has 0 aromatic carbocycles. The van der Waals surface area contributed by atoms with Gasteiger partial charge in [0.05, 0.1) is 6.10 Å². The van der Waals surface area contributed by atoms with Crippen LogP contribution in [0.3, 0.4) is 0 Å². The second-order valence-electron chi connectivity index (χ2n) is 7.86. The number of rotatable bonds is 3. The number of amides is 1. The summed E-state index contributed by atoms with van der Waals surface area (Å²) >= 11 is 4.82. The molecule has 0 radical (unpaired) electrons. The minimum absolute atomic E-state index is 0.0501. The van der Waals surface area contributed by atoms with Crippen LogP contribution in [0.25, 0.3) is 0 Å². The molecule has 4 aliphatic carbocycles. The second-order valence-corrected chi connectivity index (χ2v) is 8.52. The standard InChI is InChI=1S/C16H25NO2S/c1-8(2)19-14(18)17-9(3)15-6-10-4-12-13(20)5-11(7-15)16(10,12)15/h8-13,20H,4-7H2,1-3H3,(H,17,18). The van der Waals surface area contributed by atoms with E-state index >= 15 is 0 Å². The Kier molecular flexibility index (Phi) is 2.58. The lowest BCUT2D eigenvalue weighted by molar-refractivity contribution is -0.352. The van der Waals surface area contributed by atoms with Gasteiger partial charge in [0, 0.05) is 11.3 Å². The molecule has 1 amide bonds. The zero-order valence-corrected chi connectivity index (χ0v) is 13.5. The number of thiol groups is 1. The van der Waals surface area contributed by atoms with E-state index in [0.29, 0.717) is 16.1 Å². The first-order valence-electron chi connectivity index (χ1n) is 8.07. The summed E-state index contributed by atoms with van der Waals surface area (Å²) in [6.45, 7) is 5.97. The van der Waals surface area contributed by atoms with Crippen LogP contribution in [-0.2, 0) is 4.74 Å². The fourth-order valence-corrected chi connectivity index (χ4v) is 7.26. The van der Waals surface area contributed by atoms with Crippen LogP contribution >= 0.6 is 12.6 Å². The van der Waals surface area contributed by atoms with Crippen molar-refractivity contribution >= 4 is 18.7 Å². The Morgan fingerprint density at radius 1 is 1.25 bits per heavy atom. The molecule has 0 aliphatic heterocycles. The minimum Gasteiger partial charge on any atom is -0.447 e. The van der Waals surface area contributed by atoms with E-state index in [1.54, 1.807) is 0 Å². The molecule has 4 aliphatic rings. The van der Waals surface area contributed by atoms with Crippen molar-refractivity contribution in [2.24, 2.45) is 28.6 Å². The average Bonchev–Trinajstić information content (AvgIpc) is 2.55. The third kappa shape index (κ3) is 1.24. The lowest BCUT2D eigenvalue weighted by Crippen LogP contribution is -2.81. The van der Waals surface area contributed by atoms with Crippen molar-refractivity contribution in [1.29, 1.82) is 0 Å². The fraction of sp³-hybridized carbons (Fsp3) is 0.938. The van der Waals surface area contributed by atoms with Crippen molar-refractivity contribution in [2.75, 3.05) is 0 Å². The number of hydrogen-bond acceptors (Lipinski definition) is 3. The normalized spacial score (nSPS) is 52.0. The Balaban J connectivity index is 1.49. The number of carbonyl (C=O) groups excluding carboxylic acids is 1. The van der Waals surface area contributed by atoms with E-state index in [2.05, 4.69) is 12.2 Å². The molecule has 7 atom stereocenters. The third-order valence-electron chi connectivity index (χ3n) is 7.08. The van der Waals surface area contributed by atoms with Gasteiger partial charge in [-0.05, 0) is 75.0 Å².